The summed E-state index contributed by atoms with van der Waals surface area (Å²) in [4.78, 5) is 13.1. The average molecular weight is 326 g/mol. The molecule has 1 aromatic rings. The van der Waals surface area contributed by atoms with Gasteiger partial charge in [-0.15, -0.1) is 0 Å². The van der Waals surface area contributed by atoms with E-state index in [0.717, 1.165) is 51.0 Å². The molecule has 6 heteroatoms. The van der Waals surface area contributed by atoms with Crippen LogP contribution in [0.4, 0.5) is 5.69 Å². The van der Waals surface area contributed by atoms with Gasteiger partial charge in [-0.3, -0.25) is 15.0 Å². The van der Waals surface area contributed by atoms with E-state index in [-0.39, 0.29) is 16.7 Å². The summed E-state index contributed by atoms with van der Waals surface area (Å²) in [5, 5.41) is 15.0. The van der Waals surface area contributed by atoms with Gasteiger partial charge in [-0.1, -0.05) is 37.8 Å². The molecule has 122 valence electrons. The van der Waals surface area contributed by atoms with Crippen LogP contribution in [-0.4, -0.2) is 36.0 Å². The van der Waals surface area contributed by atoms with E-state index in [9.17, 15) is 10.1 Å². The second-order valence-electron chi connectivity index (χ2n) is 5.76. The van der Waals surface area contributed by atoms with Crippen LogP contribution in [0.1, 0.15) is 44.2 Å². The lowest BCUT2D eigenvalue weighted by Crippen LogP contribution is -2.45. The summed E-state index contributed by atoms with van der Waals surface area (Å²) in [6.45, 7) is 6.00. The van der Waals surface area contributed by atoms with Gasteiger partial charge in [0.25, 0.3) is 5.69 Å². The molecule has 1 aliphatic heterocycles. The Balaban J connectivity index is 2.25. The van der Waals surface area contributed by atoms with Gasteiger partial charge in [0.2, 0.25) is 0 Å². The largest absolute Gasteiger partial charge is 0.314 e. The highest BCUT2D eigenvalue weighted by atomic mass is 35.5. The topological polar surface area (TPSA) is 58.4 Å². The summed E-state index contributed by atoms with van der Waals surface area (Å²) >= 11 is 6.36. The first-order chi connectivity index (χ1) is 10.6. The zero-order valence-electron chi connectivity index (χ0n) is 13.1. The summed E-state index contributed by atoms with van der Waals surface area (Å²) < 4.78 is 0. The Hall–Kier alpha value is -1.17. The van der Waals surface area contributed by atoms with Crippen molar-refractivity contribution >= 4 is 17.3 Å². The van der Waals surface area contributed by atoms with Crippen molar-refractivity contribution < 1.29 is 4.92 Å². The molecular weight excluding hydrogens is 302 g/mol. The number of unbranched alkanes of at least 4 members (excludes halogenated alkanes) is 2. The van der Waals surface area contributed by atoms with Crippen LogP contribution in [0.5, 0.6) is 0 Å². The SMILES string of the molecule is CCCCC[C@H](c1cc([N+](=O)[O-])ccc1Cl)N1CCNCC1. The Morgan fingerprint density at radius 2 is 2.09 bits per heavy atom. The summed E-state index contributed by atoms with van der Waals surface area (Å²) in [5.41, 5.74) is 1.02. The minimum atomic E-state index is -0.347. The molecule has 0 saturated carbocycles. The van der Waals surface area contributed by atoms with Gasteiger partial charge in [0.15, 0.2) is 0 Å². The van der Waals surface area contributed by atoms with Gasteiger partial charge < -0.3 is 5.32 Å². The molecule has 0 aliphatic carbocycles. The van der Waals surface area contributed by atoms with E-state index in [1.54, 1.807) is 12.1 Å². The molecule has 1 saturated heterocycles. The Kier molecular flexibility index (Phi) is 6.61. The number of non-ortho nitro benzene ring substituents is 1. The first-order valence-electron chi connectivity index (χ1n) is 8.02. The molecule has 0 unspecified atom stereocenters. The number of rotatable bonds is 7. The maximum Gasteiger partial charge on any atom is 0.269 e. The van der Waals surface area contributed by atoms with Crippen LogP contribution in [0.25, 0.3) is 0 Å². The summed E-state index contributed by atoms with van der Waals surface area (Å²) in [7, 11) is 0. The minimum absolute atomic E-state index is 0.120. The van der Waals surface area contributed by atoms with Crippen LogP contribution in [0.2, 0.25) is 5.02 Å². The Morgan fingerprint density at radius 1 is 1.36 bits per heavy atom. The monoisotopic (exact) mass is 325 g/mol. The molecule has 1 aliphatic rings. The first kappa shape index (κ1) is 17.2. The second kappa shape index (κ2) is 8.46. The third-order valence-electron chi connectivity index (χ3n) is 4.22. The lowest BCUT2D eigenvalue weighted by Gasteiger charge is -2.35. The van der Waals surface area contributed by atoms with E-state index in [2.05, 4.69) is 17.1 Å². The zero-order valence-corrected chi connectivity index (χ0v) is 13.8. The van der Waals surface area contributed by atoms with E-state index in [1.165, 1.54) is 12.5 Å². The zero-order chi connectivity index (χ0) is 15.9. The molecule has 22 heavy (non-hydrogen) atoms. The van der Waals surface area contributed by atoms with Crippen LogP contribution in [0, 0.1) is 10.1 Å². The number of nitro benzene ring substituents is 1. The number of piperazine rings is 1. The maximum absolute atomic E-state index is 11.1. The van der Waals surface area contributed by atoms with Crippen LogP contribution in [0.3, 0.4) is 0 Å². The Bertz CT molecular complexity index is 504. The van der Waals surface area contributed by atoms with Gasteiger partial charge in [0.1, 0.15) is 0 Å². The lowest BCUT2D eigenvalue weighted by atomic mass is 9.97. The quantitative estimate of drug-likeness (QED) is 0.471. The maximum atomic E-state index is 11.1. The van der Waals surface area contributed by atoms with Crippen LogP contribution < -0.4 is 5.32 Å². The fraction of sp³-hybridized carbons (Fsp3) is 0.625. The number of benzene rings is 1. The molecule has 0 aromatic heterocycles. The fourth-order valence-corrected chi connectivity index (χ4v) is 3.26. The molecule has 2 rings (SSSR count). The Morgan fingerprint density at radius 3 is 2.73 bits per heavy atom. The van der Waals surface area contributed by atoms with Crippen molar-refractivity contribution in [3.63, 3.8) is 0 Å². The molecule has 0 bridgehead atoms. The molecule has 0 spiro atoms. The number of nitrogens with zero attached hydrogens (tertiary/aromatic N) is 2. The number of halogens is 1. The minimum Gasteiger partial charge on any atom is -0.314 e. The highest BCUT2D eigenvalue weighted by Crippen LogP contribution is 2.34. The smallest absolute Gasteiger partial charge is 0.269 e. The van der Waals surface area contributed by atoms with Gasteiger partial charge in [-0.2, -0.15) is 0 Å². The van der Waals surface area contributed by atoms with E-state index in [4.69, 9.17) is 11.6 Å². The molecule has 1 fully saturated rings. The molecule has 0 radical (unpaired) electrons. The summed E-state index contributed by atoms with van der Waals surface area (Å²) in [5.74, 6) is 0. The van der Waals surface area contributed by atoms with Gasteiger partial charge in [0.05, 0.1) is 4.92 Å². The normalized spacial score (nSPS) is 17.4. The van der Waals surface area contributed by atoms with Crippen molar-refractivity contribution in [1.29, 1.82) is 0 Å². The van der Waals surface area contributed by atoms with Crippen molar-refractivity contribution in [3.8, 4) is 0 Å². The first-order valence-corrected chi connectivity index (χ1v) is 8.40. The van der Waals surface area contributed by atoms with Crippen molar-refractivity contribution in [1.82, 2.24) is 10.2 Å². The van der Waals surface area contributed by atoms with Gasteiger partial charge >= 0.3 is 0 Å². The molecular formula is C16H24ClN3O2. The average Bonchev–Trinajstić information content (AvgIpc) is 2.53. The highest BCUT2D eigenvalue weighted by Gasteiger charge is 2.25. The van der Waals surface area contributed by atoms with E-state index >= 15 is 0 Å². The third kappa shape index (κ3) is 4.41. The lowest BCUT2D eigenvalue weighted by molar-refractivity contribution is -0.385. The van der Waals surface area contributed by atoms with Crippen LogP contribution >= 0.6 is 11.6 Å². The molecule has 0 amide bonds. The highest BCUT2D eigenvalue weighted by molar-refractivity contribution is 6.31. The molecule has 1 aromatic carbocycles. The van der Waals surface area contributed by atoms with Crippen molar-refractivity contribution in [3.05, 3.63) is 38.9 Å². The number of nitrogens with one attached hydrogen (secondary N) is 1. The molecule has 1 atom stereocenters. The number of hydrogen-bond acceptors (Lipinski definition) is 4. The van der Waals surface area contributed by atoms with Crippen molar-refractivity contribution in [2.24, 2.45) is 0 Å². The molecule has 5 nitrogen and oxygen atoms in total. The van der Waals surface area contributed by atoms with Crippen LogP contribution in [0.15, 0.2) is 18.2 Å². The fourth-order valence-electron chi connectivity index (χ4n) is 3.02. The van der Waals surface area contributed by atoms with E-state index in [0.29, 0.717) is 5.02 Å². The predicted molar refractivity (Wildman–Crippen MR) is 89.4 cm³/mol. The summed E-state index contributed by atoms with van der Waals surface area (Å²) in [6, 6.07) is 4.96. The van der Waals surface area contributed by atoms with Gasteiger partial charge in [0, 0.05) is 49.4 Å². The van der Waals surface area contributed by atoms with E-state index in [1.807, 2.05) is 0 Å². The third-order valence-corrected chi connectivity index (χ3v) is 4.57. The van der Waals surface area contributed by atoms with Crippen molar-refractivity contribution in [2.75, 3.05) is 26.2 Å². The molecule has 1 heterocycles. The number of hydrogen-bond donors (Lipinski definition) is 1. The Labute approximate surface area is 136 Å². The molecule has 1 N–H and O–H groups in total. The second-order valence-corrected chi connectivity index (χ2v) is 6.17. The van der Waals surface area contributed by atoms with E-state index < -0.39 is 0 Å². The van der Waals surface area contributed by atoms with Crippen LogP contribution in [-0.2, 0) is 0 Å². The summed E-state index contributed by atoms with van der Waals surface area (Å²) in [6.07, 6.45) is 4.45. The van der Waals surface area contributed by atoms with Crippen molar-refractivity contribution in [2.45, 2.75) is 38.6 Å². The van der Waals surface area contributed by atoms with Gasteiger partial charge in [-0.25, -0.2) is 0 Å². The standard InChI is InChI=1S/C16H24ClN3O2/c1-2-3-4-5-16(19-10-8-18-9-11-19)14-12-13(20(21)22)6-7-15(14)17/h6-7,12,16,18H,2-5,8-11H2,1H3/t16-/m1/s1. The predicted octanol–water partition coefficient (Wildman–Crippen LogP) is 3.77. The number of nitro groups is 1. The van der Waals surface area contributed by atoms with Gasteiger partial charge in [-0.05, 0) is 18.1 Å².